The quantitative estimate of drug-likeness (QED) is 0.254. The second-order valence-electron chi connectivity index (χ2n) is 9.63. The molecule has 1 amide bonds. The van der Waals surface area contributed by atoms with E-state index in [1.807, 2.05) is 13.8 Å². The van der Waals surface area contributed by atoms with Crippen molar-refractivity contribution in [2.45, 2.75) is 33.1 Å². The van der Waals surface area contributed by atoms with Crippen molar-refractivity contribution in [3.05, 3.63) is 47.4 Å². The van der Waals surface area contributed by atoms with E-state index in [0.29, 0.717) is 48.3 Å². The molecule has 12 heteroatoms. The number of pyridine rings is 1. The van der Waals surface area contributed by atoms with Crippen LogP contribution in [0.25, 0.3) is 0 Å². The first-order valence-electron chi connectivity index (χ1n) is 12.6. The van der Waals surface area contributed by atoms with Crippen LogP contribution in [0, 0.1) is 23.1 Å². The number of piperidine rings is 1. The second-order valence-corrected chi connectivity index (χ2v) is 11.8. The Morgan fingerprint density at radius 1 is 1.26 bits per heavy atom. The van der Waals surface area contributed by atoms with Gasteiger partial charge in [0, 0.05) is 44.1 Å². The molecule has 0 bridgehead atoms. The molecule has 1 aliphatic heterocycles. The summed E-state index contributed by atoms with van der Waals surface area (Å²) in [6, 6.07) is 7.18. The summed E-state index contributed by atoms with van der Waals surface area (Å²) in [4.78, 5) is 19.7. The predicted molar refractivity (Wildman–Crippen MR) is 149 cm³/mol. The third kappa shape index (κ3) is 7.87. The number of ether oxygens (including phenoxy) is 1. The molecule has 1 aromatic carbocycles. The van der Waals surface area contributed by atoms with Crippen molar-refractivity contribution >= 4 is 50.4 Å². The van der Waals surface area contributed by atoms with Crippen LogP contribution in [-0.2, 0) is 14.8 Å². The number of nitrogens with zero attached hydrogens (tertiary/aromatic N) is 2. The van der Waals surface area contributed by atoms with Crippen LogP contribution < -0.4 is 14.9 Å². The van der Waals surface area contributed by atoms with E-state index in [2.05, 4.69) is 19.9 Å². The molecular weight excluding hydrogens is 533 g/mol. The molecule has 1 saturated heterocycles. The van der Waals surface area contributed by atoms with E-state index in [1.165, 1.54) is 24.3 Å². The fourth-order valence-corrected chi connectivity index (χ4v) is 5.58. The first kappa shape index (κ1) is 29.8. The van der Waals surface area contributed by atoms with Crippen molar-refractivity contribution < 1.29 is 22.3 Å². The first-order valence-corrected chi connectivity index (χ1v) is 14.7. The van der Waals surface area contributed by atoms with Crippen molar-refractivity contribution in [1.82, 2.24) is 9.71 Å². The van der Waals surface area contributed by atoms with Crippen LogP contribution in [0.15, 0.2) is 30.3 Å². The van der Waals surface area contributed by atoms with E-state index >= 15 is 0 Å². The predicted octanol–water partition coefficient (Wildman–Crippen LogP) is 4.54. The first-order chi connectivity index (χ1) is 18.0. The van der Waals surface area contributed by atoms with E-state index in [4.69, 9.17) is 21.7 Å². The smallest absolute Gasteiger partial charge is 0.283 e. The highest BCUT2D eigenvalue weighted by Gasteiger charge is 2.28. The molecule has 0 saturated carbocycles. The number of methoxy groups -OCH3 is 1. The Morgan fingerprint density at radius 2 is 1.92 bits per heavy atom. The monoisotopic (exact) mass is 567 g/mol. The number of nitrogens with one attached hydrogen (secondary N) is 3. The van der Waals surface area contributed by atoms with Crippen molar-refractivity contribution in [2.24, 2.45) is 11.8 Å². The molecule has 2 aromatic rings. The van der Waals surface area contributed by atoms with Gasteiger partial charge in [-0.05, 0) is 61.4 Å². The van der Waals surface area contributed by atoms with Crippen molar-refractivity contribution in [2.75, 3.05) is 48.7 Å². The zero-order chi connectivity index (χ0) is 27.9. The molecule has 38 heavy (non-hydrogen) atoms. The highest BCUT2D eigenvalue weighted by atomic mass is 35.5. The van der Waals surface area contributed by atoms with Gasteiger partial charge in [0.15, 0.2) is 0 Å². The number of amides is 1. The minimum Gasteiger partial charge on any atom is -0.384 e. The minimum absolute atomic E-state index is 0.113. The van der Waals surface area contributed by atoms with Gasteiger partial charge in [0.05, 0.1) is 17.0 Å². The lowest BCUT2D eigenvalue weighted by molar-refractivity contribution is 0.0976. The summed E-state index contributed by atoms with van der Waals surface area (Å²) >= 11 is 5.62. The zero-order valence-electron chi connectivity index (χ0n) is 21.9. The highest BCUT2D eigenvalue weighted by Crippen LogP contribution is 2.34. The van der Waals surface area contributed by atoms with Crippen LogP contribution in [0.5, 0.6) is 0 Å². The maximum Gasteiger partial charge on any atom is 0.283 e. The van der Waals surface area contributed by atoms with Gasteiger partial charge in [0.25, 0.3) is 5.91 Å². The average molecular weight is 568 g/mol. The maximum atomic E-state index is 13.5. The number of carbonyl (C=O) groups excluding carboxylic acids is 1. The maximum absolute atomic E-state index is 13.5. The van der Waals surface area contributed by atoms with Crippen LogP contribution in [0.3, 0.4) is 0 Å². The second kappa shape index (κ2) is 13.3. The number of carbonyl (C=O) groups is 1. The summed E-state index contributed by atoms with van der Waals surface area (Å²) in [5.41, 5.74) is 1.82. The van der Waals surface area contributed by atoms with Crippen molar-refractivity contribution in [1.29, 1.82) is 5.41 Å². The van der Waals surface area contributed by atoms with Gasteiger partial charge in [-0.2, -0.15) is 0 Å². The van der Waals surface area contributed by atoms with Gasteiger partial charge < -0.3 is 20.4 Å². The summed E-state index contributed by atoms with van der Waals surface area (Å²) in [7, 11) is -2.24. The van der Waals surface area contributed by atoms with Gasteiger partial charge in [-0.15, -0.1) is 11.6 Å². The van der Waals surface area contributed by atoms with Crippen molar-refractivity contribution in [3.8, 4) is 0 Å². The molecule has 1 fully saturated rings. The summed E-state index contributed by atoms with van der Waals surface area (Å²) in [6.07, 6.45) is 1.92. The van der Waals surface area contributed by atoms with E-state index in [-0.39, 0.29) is 35.5 Å². The fourth-order valence-electron chi connectivity index (χ4n) is 4.28. The van der Waals surface area contributed by atoms with E-state index in [0.717, 1.165) is 12.8 Å². The Kier molecular flexibility index (Phi) is 10.5. The molecule has 0 aliphatic carbocycles. The lowest BCUT2D eigenvalue weighted by Crippen LogP contribution is -2.37. The number of halogens is 2. The van der Waals surface area contributed by atoms with Gasteiger partial charge in [-0.1, -0.05) is 13.8 Å². The minimum atomic E-state index is -3.91. The Morgan fingerprint density at radius 3 is 2.50 bits per heavy atom. The zero-order valence-corrected chi connectivity index (χ0v) is 23.5. The van der Waals surface area contributed by atoms with E-state index in [1.54, 1.807) is 13.2 Å². The van der Waals surface area contributed by atoms with Crippen LogP contribution in [0.4, 0.5) is 21.6 Å². The largest absolute Gasteiger partial charge is 0.384 e. The topological polar surface area (TPSA) is 124 Å². The molecule has 2 heterocycles. The van der Waals surface area contributed by atoms with Crippen LogP contribution in [0.2, 0.25) is 0 Å². The summed E-state index contributed by atoms with van der Waals surface area (Å²) in [5, 5.41) is 12.0. The number of hydrogen-bond donors (Lipinski definition) is 3. The van der Waals surface area contributed by atoms with Gasteiger partial charge in [0.2, 0.25) is 10.0 Å². The number of sulfonamides is 1. The number of anilines is 3. The molecule has 0 unspecified atom stereocenters. The molecule has 0 atom stereocenters. The van der Waals surface area contributed by atoms with Gasteiger partial charge in [0.1, 0.15) is 17.3 Å². The summed E-state index contributed by atoms with van der Waals surface area (Å²) in [5.74, 6) is -0.972. The Balaban J connectivity index is 2.10. The van der Waals surface area contributed by atoms with Gasteiger partial charge in [-0.25, -0.2) is 22.5 Å². The SMILES string of the molecule is COCC1CCN(c2cc(C(=O)NS(=O)(=O)CCCCl)nc(Nc3ccc(F)cc3)c2C(=N)C(C)C)CC1. The van der Waals surface area contributed by atoms with Crippen molar-refractivity contribution in [3.63, 3.8) is 0 Å². The number of alkyl halides is 1. The molecule has 3 rings (SSSR count). The van der Waals surface area contributed by atoms with E-state index in [9.17, 15) is 17.6 Å². The summed E-state index contributed by atoms with van der Waals surface area (Å²) < 4.78 is 45.7. The average Bonchev–Trinajstić information content (AvgIpc) is 2.88. The lowest BCUT2D eigenvalue weighted by Gasteiger charge is -2.35. The lowest BCUT2D eigenvalue weighted by atomic mass is 9.94. The van der Waals surface area contributed by atoms with E-state index < -0.39 is 21.7 Å². The molecular formula is C26H35ClFN5O4S. The third-order valence-electron chi connectivity index (χ3n) is 6.34. The van der Waals surface area contributed by atoms with Crippen LogP contribution in [-0.4, -0.2) is 63.5 Å². The molecule has 1 aromatic heterocycles. The molecule has 1 aliphatic rings. The normalized spacial score (nSPS) is 14.5. The van der Waals surface area contributed by atoms with Gasteiger partial charge >= 0.3 is 0 Å². The Bertz CT molecular complexity index is 1230. The molecule has 0 radical (unpaired) electrons. The fraction of sp³-hybridized carbons (Fsp3) is 0.500. The standard InChI is InChI=1S/C26H35ClFN5O4S/c1-17(2)24(29)23-22(33-12-9-18(10-13-33)16-37-3)15-21(26(34)32-38(35,36)14-4-11-27)31-25(23)30-20-7-5-19(28)6-8-20/h5-8,15,17-18,29H,4,9-14,16H2,1-3H3,(H,30,31)(H,32,34). The Hall–Kier alpha value is -2.76. The Labute approximate surface area is 228 Å². The van der Waals surface area contributed by atoms with Crippen LogP contribution >= 0.6 is 11.6 Å². The number of hydrogen-bond acceptors (Lipinski definition) is 8. The van der Waals surface area contributed by atoms with Gasteiger partial charge in [-0.3, -0.25) is 4.79 Å². The molecule has 3 N–H and O–H groups in total. The number of aromatic nitrogens is 1. The molecule has 0 spiro atoms. The highest BCUT2D eigenvalue weighted by molar-refractivity contribution is 7.90. The number of benzene rings is 1. The van der Waals surface area contributed by atoms with Crippen LogP contribution in [0.1, 0.15) is 49.2 Å². The molecule has 9 nitrogen and oxygen atoms in total. The third-order valence-corrected chi connectivity index (χ3v) is 7.93. The number of rotatable bonds is 12. The summed E-state index contributed by atoms with van der Waals surface area (Å²) in [6.45, 7) is 5.78. The molecule has 208 valence electrons.